The molecule has 1 aromatic heterocycles. The van der Waals surface area contributed by atoms with Gasteiger partial charge in [-0.05, 0) is 37.5 Å². The quantitative estimate of drug-likeness (QED) is 0.830. The molecule has 1 heterocycles. The van der Waals surface area contributed by atoms with Crippen molar-refractivity contribution < 1.29 is 4.79 Å². The minimum Gasteiger partial charge on any atom is -0.325 e. The van der Waals surface area contributed by atoms with Gasteiger partial charge in [0.05, 0.1) is 5.75 Å². The second kappa shape index (κ2) is 7.45. The van der Waals surface area contributed by atoms with E-state index in [1.165, 1.54) is 11.8 Å². The third-order valence-electron chi connectivity index (χ3n) is 3.08. The van der Waals surface area contributed by atoms with E-state index >= 15 is 0 Å². The van der Waals surface area contributed by atoms with Crippen LogP contribution in [0.15, 0.2) is 29.4 Å². The minimum absolute atomic E-state index is 0.0349. The highest BCUT2D eigenvalue weighted by molar-refractivity contribution is 7.99. The van der Waals surface area contributed by atoms with Crippen molar-refractivity contribution in [3.05, 3.63) is 35.7 Å². The number of thioether (sulfide) groups is 1. The molecule has 22 heavy (non-hydrogen) atoms. The lowest BCUT2D eigenvalue weighted by atomic mass is 10.2. The fraction of sp³-hybridized carbons (Fsp3) is 0.438. The number of aryl methyl sites for hydroxylation is 2. The van der Waals surface area contributed by atoms with Crippen molar-refractivity contribution >= 4 is 23.4 Å². The minimum atomic E-state index is -0.0349. The van der Waals surface area contributed by atoms with Crippen LogP contribution >= 0.6 is 11.8 Å². The van der Waals surface area contributed by atoms with Crippen LogP contribution in [0, 0.1) is 19.8 Å². The van der Waals surface area contributed by atoms with Crippen molar-refractivity contribution in [1.29, 1.82) is 0 Å². The smallest absolute Gasteiger partial charge is 0.234 e. The predicted octanol–water partition coefficient (Wildman–Crippen LogP) is 3.28. The zero-order chi connectivity index (χ0) is 16.1. The molecule has 0 aliphatic carbocycles. The average molecular weight is 318 g/mol. The summed E-state index contributed by atoms with van der Waals surface area (Å²) in [4.78, 5) is 12.0. The van der Waals surface area contributed by atoms with Crippen LogP contribution in [0.5, 0.6) is 0 Å². The van der Waals surface area contributed by atoms with Gasteiger partial charge in [-0.3, -0.25) is 4.79 Å². The Bertz CT molecular complexity index is 651. The summed E-state index contributed by atoms with van der Waals surface area (Å²) in [6, 6.07) is 7.78. The van der Waals surface area contributed by atoms with E-state index in [0.29, 0.717) is 11.7 Å². The number of carbonyl (C=O) groups is 1. The number of benzene rings is 1. The Morgan fingerprint density at radius 1 is 1.32 bits per heavy atom. The van der Waals surface area contributed by atoms with Gasteiger partial charge in [0.15, 0.2) is 5.16 Å². The first-order chi connectivity index (χ1) is 10.5. The second-order valence-corrected chi connectivity index (χ2v) is 6.68. The fourth-order valence-electron chi connectivity index (χ4n) is 2.09. The first-order valence-corrected chi connectivity index (χ1v) is 8.33. The summed E-state index contributed by atoms with van der Waals surface area (Å²) in [5.41, 5.74) is 1.95. The summed E-state index contributed by atoms with van der Waals surface area (Å²) >= 11 is 1.42. The van der Waals surface area contributed by atoms with Gasteiger partial charge in [-0.25, -0.2) is 0 Å². The third-order valence-corrected chi connectivity index (χ3v) is 4.05. The summed E-state index contributed by atoms with van der Waals surface area (Å²) in [5.74, 6) is 1.68. The first-order valence-electron chi connectivity index (χ1n) is 7.35. The molecule has 6 heteroatoms. The van der Waals surface area contributed by atoms with Crippen molar-refractivity contribution in [3.63, 3.8) is 0 Å². The Labute approximate surface area is 135 Å². The second-order valence-electron chi connectivity index (χ2n) is 5.74. The SMILES string of the molecule is Cc1cccc(NC(=O)CSc2nnc(C)n2CC(C)C)c1. The van der Waals surface area contributed by atoms with Crippen LogP contribution in [0.3, 0.4) is 0 Å². The molecule has 1 N–H and O–H groups in total. The maximum Gasteiger partial charge on any atom is 0.234 e. The lowest BCUT2D eigenvalue weighted by molar-refractivity contribution is -0.113. The molecule has 0 radical (unpaired) electrons. The molecule has 2 aromatic rings. The Morgan fingerprint density at radius 3 is 2.77 bits per heavy atom. The van der Waals surface area contributed by atoms with Gasteiger partial charge in [-0.2, -0.15) is 0 Å². The monoisotopic (exact) mass is 318 g/mol. The standard InChI is InChI=1S/C16H22N4OS/c1-11(2)9-20-13(4)18-19-16(20)22-10-15(21)17-14-7-5-6-12(3)8-14/h5-8,11H,9-10H2,1-4H3,(H,17,21). The number of nitrogens with one attached hydrogen (secondary N) is 1. The van der Waals surface area contributed by atoms with Gasteiger partial charge in [0.2, 0.25) is 5.91 Å². The van der Waals surface area contributed by atoms with Crippen molar-refractivity contribution in [1.82, 2.24) is 14.8 Å². The average Bonchev–Trinajstić information content (AvgIpc) is 2.77. The molecule has 0 saturated heterocycles. The fourth-order valence-corrected chi connectivity index (χ4v) is 2.89. The van der Waals surface area contributed by atoms with Gasteiger partial charge >= 0.3 is 0 Å². The maximum absolute atomic E-state index is 12.0. The summed E-state index contributed by atoms with van der Waals surface area (Å²) in [7, 11) is 0. The predicted molar refractivity (Wildman–Crippen MR) is 90.1 cm³/mol. The highest BCUT2D eigenvalue weighted by Crippen LogP contribution is 2.19. The summed E-state index contributed by atoms with van der Waals surface area (Å²) < 4.78 is 2.06. The zero-order valence-electron chi connectivity index (χ0n) is 13.5. The van der Waals surface area contributed by atoms with Crippen molar-refractivity contribution in [2.45, 2.75) is 39.4 Å². The van der Waals surface area contributed by atoms with Crippen molar-refractivity contribution in [2.24, 2.45) is 5.92 Å². The highest BCUT2D eigenvalue weighted by atomic mass is 32.2. The van der Waals surface area contributed by atoms with Crippen LogP contribution in [0.25, 0.3) is 0 Å². The molecule has 118 valence electrons. The Balaban J connectivity index is 1.94. The number of rotatable bonds is 6. The van der Waals surface area contributed by atoms with E-state index in [9.17, 15) is 4.79 Å². The molecule has 0 aliphatic heterocycles. The zero-order valence-corrected chi connectivity index (χ0v) is 14.3. The van der Waals surface area contributed by atoms with E-state index in [2.05, 4.69) is 33.9 Å². The van der Waals surface area contributed by atoms with Crippen LogP contribution in [-0.4, -0.2) is 26.4 Å². The van der Waals surface area contributed by atoms with Gasteiger partial charge in [-0.1, -0.05) is 37.7 Å². The number of amides is 1. The van der Waals surface area contributed by atoms with Gasteiger partial charge in [0.1, 0.15) is 5.82 Å². The number of nitrogens with zero attached hydrogens (tertiary/aromatic N) is 3. The number of anilines is 1. The van der Waals surface area contributed by atoms with Gasteiger partial charge in [-0.15, -0.1) is 10.2 Å². The van der Waals surface area contributed by atoms with E-state index in [0.717, 1.165) is 28.8 Å². The van der Waals surface area contributed by atoms with Crippen LogP contribution < -0.4 is 5.32 Å². The molecule has 0 unspecified atom stereocenters. The molecule has 0 saturated carbocycles. The summed E-state index contributed by atoms with van der Waals surface area (Å²) in [6.45, 7) is 9.10. The van der Waals surface area contributed by atoms with E-state index in [1.807, 2.05) is 38.1 Å². The molecule has 0 aliphatic rings. The highest BCUT2D eigenvalue weighted by Gasteiger charge is 2.12. The topological polar surface area (TPSA) is 59.8 Å². The lowest BCUT2D eigenvalue weighted by Crippen LogP contribution is -2.15. The number of carbonyl (C=O) groups excluding carboxylic acids is 1. The number of hydrogen-bond donors (Lipinski definition) is 1. The summed E-state index contributed by atoms with van der Waals surface area (Å²) in [5, 5.41) is 12.0. The van der Waals surface area contributed by atoms with Crippen LogP contribution in [0.2, 0.25) is 0 Å². The molecule has 1 aromatic carbocycles. The Kier molecular flexibility index (Phi) is 5.60. The molecule has 0 bridgehead atoms. The molecular weight excluding hydrogens is 296 g/mol. The largest absolute Gasteiger partial charge is 0.325 e. The maximum atomic E-state index is 12.0. The molecule has 2 rings (SSSR count). The molecule has 1 amide bonds. The third kappa shape index (κ3) is 4.59. The number of hydrogen-bond acceptors (Lipinski definition) is 4. The summed E-state index contributed by atoms with van der Waals surface area (Å²) in [6.07, 6.45) is 0. The van der Waals surface area contributed by atoms with Crippen LogP contribution in [0.4, 0.5) is 5.69 Å². The molecule has 0 atom stereocenters. The number of aromatic nitrogens is 3. The molecule has 5 nitrogen and oxygen atoms in total. The van der Waals surface area contributed by atoms with Gasteiger partial charge < -0.3 is 9.88 Å². The van der Waals surface area contributed by atoms with Crippen LogP contribution in [0.1, 0.15) is 25.2 Å². The molecular formula is C16H22N4OS. The first kappa shape index (κ1) is 16.5. The Hall–Kier alpha value is -1.82. The van der Waals surface area contributed by atoms with Gasteiger partial charge in [0, 0.05) is 12.2 Å². The Morgan fingerprint density at radius 2 is 2.09 bits per heavy atom. The van der Waals surface area contributed by atoms with E-state index in [4.69, 9.17) is 0 Å². The van der Waals surface area contributed by atoms with E-state index in [-0.39, 0.29) is 5.91 Å². The van der Waals surface area contributed by atoms with E-state index in [1.54, 1.807) is 0 Å². The van der Waals surface area contributed by atoms with Gasteiger partial charge in [0.25, 0.3) is 0 Å². The van der Waals surface area contributed by atoms with Crippen LogP contribution in [-0.2, 0) is 11.3 Å². The lowest BCUT2D eigenvalue weighted by Gasteiger charge is -2.10. The van der Waals surface area contributed by atoms with Crippen molar-refractivity contribution in [2.75, 3.05) is 11.1 Å². The normalized spacial score (nSPS) is 11.0. The van der Waals surface area contributed by atoms with E-state index < -0.39 is 0 Å². The van der Waals surface area contributed by atoms with Crippen molar-refractivity contribution in [3.8, 4) is 0 Å². The molecule has 0 spiro atoms. The molecule has 0 fully saturated rings.